The molecule has 1 N–H and O–H groups in total. The Morgan fingerprint density at radius 2 is 2.21 bits per heavy atom. The van der Waals surface area contributed by atoms with Crippen molar-refractivity contribution >= 4 is 5.91 Å². The maximum absolute atomic E-state index is 11.8. The molecule has 2 aromatic rings. The van der Waals surface area contributed by atoms with E-state index in [0.29, 0.717) is 42.0 Å². The summed E-state index contributed by atoms with van der Waals surface area (Å²) in [4.78, 5) is 15.9. The number of nitrogens with one attached hydrogen (secondary N) is 1. The molecular formula is C21H31N5O3. The molecule has 0 aliphatic heterocycles. The van der Waals surface area contributed by atoms with Gasteiger partial charge in [0.15, 0.2) is 0 Å². The molecule has 158 valence electrons. The number of methoxy groups -OCH3 is 1. The Morgan fingerprint density at radius 1 is 1.41 bits per heavy atom. The molecule has 0 bridgehead atoms. The van der Waals surface area contributed by atoms with Gasteiger partial charge in [0.25, 0.3) is 5.89 Å². The molecule has 0 saturated carbocycles. The van der Waals surface area contributed by atoms with E-state index >= 15 is 0 Å². The summed E-state index contributed by atoms with van der Waals surface area (Å²) in [6.45, 7) is 7.38. The van der Waals surface area contributed by atoms with E-state index in [1.165, 1.54) is 12.7 Å². The van der Waals surface area contributed by atoms with Gasteiger partial charge in [-0.05, 0) is 37.0 Å². The topological polar surface area (TPSA) is 95.1 Å². The molecule has 0 fully saturated rings. The molecule has 29 heavy (non-hydrogen) atoms. The first-order valence-electron chi connectivity index (χ1n) is 10.1. The fraction of sp³-hybridized carbons (Fsp3) is 0.619. The zero-order valence-electron chi connectivity index (χ0n) is 17.9. The lowest BCUT2D eigenvalue weighted by Crippen LogP contribution is -2.38. The zero-order chi connectivity index (χ0) is 21.0. The Hall–Kier alpha value is -2.48. The highest BCUT2D eigenvalue weighted by Gasteiger charge is 2.32. The van der Waals surface area contributed by atoms with E-state index in [4.69, 9.17) is 9.15 Å². The van der Waals surface area contributed by atoms with Crippen LogP contribution in [0.4, 0.5) is 0 Å². The van der Waals surface area contributed by atoms with Gasteiger partial charge in [0, 0.05) is 27.1 Å². The van der Waals surface area contributed by atoms with Crippen LogP contribution in [0.5, 0.6) is 0 Å². The summed E-state index contributed by atoms with van der Waals surface area (Å²) in [6.07, 6.45) is 7.50. The van der Waals surface area contributed by atoms with Crippen LogP contribution in [0.3, 0.4) is 0 Å². The monoisotopic (exact) mass is 401 g/mol. The number of allylic oxidation sites excluding steroid dienone is 1. The van der Waals surface area contributed by atoms with E-state index in [1.807, 2.05) is 11.6 Å². The van der Waals surface area contributed by atoms with Crippen molar-refractivity contribution in [2.24, 2.45) is 30.7 Å². The summed E-state index contributed by atoms with van der Waals surface area (Å²) in [5.74, 6) is 2.74. The Bertz CT molecular complexity index is 854. The Morgan fingerprint density at radius 3 is 2.86 bits per heavy atom. The fourth-order valence-corrected chi connectivity index (χ4v) is 4.14. The first-order valence-corrected chi connectivity index (χ1v) is 10.1. The summed E-state index contributed by atoms with van der Waals surface area (Å²) in [6, 6.07) is 0. The van der Waals surface area contributed by atoms with Crippen molar-refractivity contribution < 1.29 is 13.9 Å². The predicted molar refractivity (Wildman–Crippen MR) is 109 cm³/mol. The first kappa shape index (κ1) is 21.2. The number of imidazole rings is 1. The third-order valence-electron chi connectivity index (χ3n) is 5.82. The van der Waals surface area contributed by atoms with Crippen molar-refractivity contribution in [2.45, 2.75) is 33.6 Å². The smallest absolute Gasteiger partial charge is 0.265 e. The molecule has 1 aliphatic carbocycles. The summed E-state index contributed by atoms with van der Waals surface area (Å²) >= 11 is 0. The maximum Gasteiger partial charge on any atom is 0.265 e. The SMILES string of the molecule is COCC(=O)NCC1C=C(C)C(Cc2nnc(-c3cncn3C)o2)CC1C(C)C. The molecule has 8 heteroatoms. The average molecular weight is 402 g/mol. The van der Waals surface area contributed by atoms with Crippen LogP contribution in [-0.4, -0.2) is 45.9 Å². The lowest BCUT2D eigenvalue weighted by molar-refractivity contribution is -0.124. The number of amides is 1. The molecule has 8 nitrogen and oxygen atoms in total. The zero-order valence-corrected chi connectivity index (χ0v) is 17.9. The number of hydrogen-bond acceptors (Lipinski definition) is 6. The largest absolute Gasteiger partial charge is 0.419 e. The highest BCUT2D eigenvalue weighted by Crippen LogP contribution is 2.38. The first-order chi connectivity index (χ1) is 13.9. The minimum atomic E-state index is -0.0725. The van der Waals surface area contributed by atoms with Crippen LogP contribution in [0.2, 0.25) is 0 Å². The van der Waals surface area contributed by atoms with Crippen molar-refractivity contribution in [1.82, 2.24) is 25.1 Å². The van der Waals surface area contributed by atoms with Gasteiger partial charge in [0.2, 0.25) is 11.8 Å². The van der Waals surface area contributed by atoms with E-state index in [0.717, 1.165) is 18.5 Å². The van der Waals surface area contributed by atoms with Crippen LogP contribution in [-0.2, 0) is 23.0 Å². The van der Waals surface area contributed by atoms with Gasteiger partial charge in [-0.25, -0.2) is 4.98 Å². The van der Waals surface area contributed by atoms with Crippen molar-refractivity contribution in [3.63, 3.8) is 0 Å². The number of rotatable bonds is 8. The van der Waals surface area contributed by atoms with Gasteiger partial charge in [0.05, 0.1) is 12.5 Å². The summed E-state index contributed by atoms with van der Waals surface area (Å²) in [5, 5.41) is 11.4. The predicted octanol–water partition coefficient (Wildman–Crippen LogP) is 2.63. The molecule has 2 aromatic heterocycles. The maximum atomic E-state index is 11.8. The number of aromatic nitrogens is 4. The highest BCUT2D eigenvalue weighted by atomic mass is 16.5. The van der Waals surface area contributed by atoms with Gasteiger partial charge in [-0.3, -0.25) is 4.79 Å². The third-order valence-corrected chi connectivity index (χ3v) is 5.82. The molecule has 0 spiro atoms. The number of aryl methyl sites for hydroxylation is 1. The third kappa shape index (κ3) is 5.12. The van der Waals surface area contributed by atoms with Gasteiger partial charge in [-0.1, -0.05) is 25.5 Å². The molecule has 3 rings (SSSR count). The van der Waals surface area contributed by atoms with Crippen LogP contribution in [0, 0.1) is 23.7 Å². The van der Waals surface area contributed by atoms with Crippen molar-refractivity contribution in [3.05, 3.63) is 30.1 Å². The Balaban J connectivity index is 1.69. The highest BCUT2D eigenvalue weighted by molar-refractivity contribution is 5.77. The summed E-state index contributed by atoms with van der Waals surface area (Å²) in [5.41, 5.74) is 2.12. The molecule has 3 atom stereocenters. The summed E-state index contributed by atoms with van der Waals surface area (Å²) < 4.78 is 12.7. The van der Waals surface area contributed by atoms with E-state index in [2.05, 4.69) is 47.3 Å². The van der Waals surface area contributed by atoms with E-state index in [9.17, 15) is 4.79 Å². The second-order valence-corrected chi connectivity index (χ2v) is 8.25. The molecular weight excluding hydrogens is 370 g/mol. The van der Waals surface area contributed by atoms with Crippen LogP contribution in [0.25, 0.3) is 11.6 Å². The number of carbonyl (C=O) groups excluding carboxylic acids is 1. The van der Waals surface area contributed by atoms with Crippen LogP contribution in [0.1, 0.15) is 33.1 Å². The Labute approximate surface area is 171 Å². The fourth-order valence-electron chi connectivity index (χ4n) is 4.14. The van der Waals surface area contributed by atoms with Gasteiger partial charge in [-0.15, -0.1) is 10.2 Å². The molecule has 2 heterocycles. The Kier molecular flexibility index (Phi) is 6.84. The van der Waals surface area contributed by atoms with E-state index < -0.39 is 0 Å². The van der Waals surface area contributed by atoms with Gasteiger partial charge in [-0.2, -0.15) is 0 Å². The quantitative estimate of drug-likeness (QED) is 0.683. The summed E-state index contributed by atoms with van der Waals surface area (Å²) in [7, 11) is 3.43. The van der Waals surface area contributed by atoms with E-state index in [-0.39, 0.29) is 12.5 Å². The second-order valence-electron chi connectivity index (χ2n) is 8.25. The van der Waals surface area contributed by atoms with Gasteiger partial charge < -0.3 is 19.0 Å². The van der Waals surface area contributed by atoms with Gasteiger partial charge in [0.1, 0.15) is 12.3 Å². The van der Waals surface area contributed by atoms with Crippen molar-refractivity contribution in [3.8, 4) is 11.6 Å². The van der Waals surface area contributed by atoms with Crippen LogP contribution < -0.4 is 5.32 Å². The van der Waals surface area contributed by atoms with Crippen molar-refractivity contribution in [2.75, 3.05) is 20.3 Å². The molecule has 0 saturated heterocycles. The lowest BCUT2D eigenvalue weighted by atomic mass is 9.70. The second kappa shape index (κ2) is 9.35. The number of nitrogens with zero attached hydrogens (tertiary/aromatic N) is 4. The number of carbonyl (C=O) groups is 1. The molecule has 0 aromatic carbocycles. The molecule has 3 unspecified atom stereocenters. The van der Waals surface area contributed by atoms with Crippen LogP contribution >= 0.6 is 0 Å². The molecule has 1 amide bonds. The average Bonchev–Trinajstić information content (AvgIpc) is 3.30. The number of hydrogen-bond donors (Lipinski definition) is 1. The van der Waals surface area contributed by atoms with Gasteiger partial charge >= 0.3 is 0 Å². The minimum Gasteiger partial charge on any atom is -0.419 e. The standard InChI is InChI=1S/C21H31N5O3/c1-13(2)17-7-15(14(3)6-16(17)9-23-19(27)11-28-5)8-20-24-25-21(29-20)18-10-22-12-26(18)4/h6,10,12-13,15-17H,7-9,11H2,1-5H3,(H,23,27). The lowest BCUT2D eigenvalue weighted by Gasteiger charge is -2.37. The number of ether oxygens (including phenoxy) is 1. The normalized spacial score (nSPS) is 22.0. The van der Waals surface area contributed by atoms with Crippen LogP contribution in [0.15, 0.2) is 28.6 Å². The minimum absolute atomic E-state index is 0.0725. The molecule has 1 aliphatic rings. The van der Waals surface area contributed by atoms with E-state index in [1.54, 1.807) is 12.5 Å². The molecule has 0 radical (unpaired) electrons. The van der Waals surface area contributed by atoms with Crippen molar-refractivity contribution in [1.29, 1.82) is 0 Å².